The first-order valence-electron chi connectivity index (χ1n) is 4.79. The molecule has 0 aliphatic carbocycles. The molecule has 1 heterocycles. The maximum absolute atomic E-state index is 11.5. The number of carbonyl (C=O) groups excluding carboxylic acids is 1. The van der Waals surface area contributed by atoms with Crippen LogP contribution in [0.25, 0.3) is 0 Å². The fourth-order valence-electron chi connectivity index (χ4n) is 1.05. The Morgan fingerprint density at radius 1 is 1.67 bits per heavy atom. The number of nitrogens with one attached hydrogen (secondary N) is 1. The van der Waals surface area contributed by atoms with E-state index in [1.54, 1.807) is 20.2 Å². The second-order valence-corrected chi connectivity index (χ2v) is 5.67. The summed E-state index contributed by atoms with van der Waals surface area (Å²) in [6, 6.07) is 0. The zero-order valence-corrected chi connectivity index (χ0v) is 10.7. The fraction of sp³-hybridized carbons (Fsp3) is 0.667. The van der Waals surface area contributed by atoms with Gasteiger partial charge in [-0.3, -0.25) is 4.79 Å². The van der Waals surface area contributed by atoms with Crippen molar-refractivity contribution in [2.75, 3.05) is 0 Å². The van der Waals surface area contributed by atoms with E-state index in [9.17, 15) is 4.79 Å². The molecule has 0 saturated carbocycles. The van der Waals surface area contributed by atoms with Gasteiger partial charge >= 0.3 is 0 Å². The Morgan fingerprint density at radius 3 is 2.87 bits per heavy atom. The van der Waals surface area contributed by atoms with Crippen LogP contribution in [-0.2, 0) is 17.9 Å². The Bertz CT molecular complexity index is 342. The van der Waals surface area contributed by atoms with Crippen LogP contribution >= 0.6 is 15.9 Å². The summed E-state index contributed by atoms with van der Waals surface area (Å²) in [4.78, 5) is 11.5. The number of hydrogen-bond donors (Lipinski definition) is 1. The highest BCUT2D eigenvalue weighted by atomic mass is 79.9. The Balaban J connectivity index is 2.54. The maximum Gasteiger partial charge on any atom is 0.236 e. The van der Waals surface area contributed by atoms with Gasteiger partial charge in [0, 0.05) is 6.54 Å². The number of rotatable bonds is 4. The van der Waals surface area contributed by atoms with Crippen LogP contribution in [-0.4, -0.2) is 25.0 Å². The normalized spacial score (nSPS) is 11.5. The van der Waals surface area contributed by atoms with Gasteiger partial charge in [0.15, 0.2) is 5.82 Å². The van der Waals surface area contributed by atoms with Gasteiger partial charge in [-0.05, 0) is 20.8 Å². The highest BCUT2D eigenvalue weighted by molar-refractivity contribution is 9.10. The van der Waals surface area contributed by atoms with E-state index < -0.39 is 4.32 Å². The van der Waals surface area contributed by atoms with Crippen molar-refractivity contribution in [2.24, 2.45) is 0 Å². The molecular formula is C9H15BrN4O. The summed E-state index contributed by atoms with van der Waals surface area (Å²) in [5.41, 5.74) is 0. The standard InChI is InChI=1S/C9H15BrN4O/c1-4-14-6-12-13-7(14)5-11-8(15)9(2,3)10/h6H,4-5H2,1-3H3,(H,11,15). The van der Waals surface area contributed by atoms with Gasteiger partial charge in [-0.1, -0.05) is 15.9 Å². The van der Waals surface area contributed by atoms with E-state index in [-0.39, 0.29) is 5.91 Å². The zero-order valence-electron chi connectivity index (χ0n) is 9.12. The molecule has 6 heteroatoms. The lowest BCUT2D eigenvalue weighted by atomic mass is 10.2. The van der Waals surface area contributed by atoms with Gasteiger partial charge in [0.1, 0.15) is 6.33 Å². The van der Waals surface area contributed by atoms with Crippen LogP contribution in [0.15, 0.2) is 6.33 Å². The number of halogens is 1. The van der Waals surface area contributed by atoms with Gasteiger partial charge in [0.05, 0.1) is 10.9 Å². The lowest BCUT2D eigenvalue weighted by Crippen LogP contribution is -2.37. The lowest BCUT2D eigenvalue weighted by molar-refractivity contribution is -0.122. The topological polar surface area (TPSA) is 59.8 Å². The quantitative estimate of drug-likeness (QED) is 0.837. The molecule has 1 N–H and O–H groups in total. The minimum atomic E-state index is -0.552. The molecule has 15 heavy (non-hydrogen) atoms. The largest absolute Gasteiger partial charge is 0.348 e. The summed E-state index contributed by atoms with van der Waals surface area (Å²) < 4.78 is 1.34. The number of alkyl halides is 1. The van der Waals surface area contributed by atoms with Crippen LogP contribution < -0.4 is 5.32 Å². The van der Waals surface area contributed by atoms with E-state index in [2.05, 4.69) is 31.4 Å². The maximum atomic E-state index is 11.5. The first-order valence-corrected chi connectivity index (χ1v) is 5.58. The molecule has 1 amide bonds. The molecule has 1 aromatic rings. The van der Waals surface area contributed by atoms with Crippen molar-refractivity contribution in [3.63, 3.8) is 0 Å². The van der Waals surface area contributed by atoms with E-state index in [0.717, 1.165) is 12.4 Å². The van der Waals surface area contributed by atoms with Crippen molar-refractivity contribution < 1.29 is 4.79 Å². The van der Waals surface area contributed by atoms with Crippen molar-refractivity contribution >= 4 is 21.8 Å². The monoisotopic (exact) mass is 274 g/mol. The molecule has 0 aliphatic heterocycles. The number of amides is 1. The molecule has 0 bridgehead atoms. The molecule has 5 nitrogen and oxygen atoms in total. The molecule has 0 spiro atoms. The number of aromatic nitrogens is 3. The van der Waals surface area contributed by atoms with Crippen LogP contribution in [0, 0.1) is 0 Å². The van der Waals surface area contributed by atoms with Crippen LogP contribution in [0.1, 0.15) is 26.6 Å². The summed E-state index contributed by atoms with van der Waals surface area (Å²) in [7, 11) is 0. The van der Waals surface area contributed by atoms with E-state index in [0.29, 0.717) is 6.54 Å². The van der Waals surface area contributed by atoms with Gasteiger partial charge in [-0.15, -0.1) is 10.2 Å². The average Bonchev–Trinajstić information content (AvgIpc) is 2.59. The van der Waals surface area contributed by atoms with Crippen molar-refractivity contribution in [3.05, 3.63) is 12.2 Å². The first-order chi connectivity index (χ1) is 6.95. The second-order valence-electron chi connectivity index (χ2n) is 3.69. The van der Waals surface area contributed by atoms with Crippen molar-refractivity contribution in [1.29, 1.82) is 0 Å². The zero-order chi connectivity index (χ0) is 11.5. The second kappa shape index (κ2) is 4.74. The molecule has 0 unspecified atom stereocenters. The molecule has 0 saturated heterocycles. The summed E-state index contributed by atoms with van der Waals surface area (Å²) in [6.07, 6.45) is 1.65. The minimum absolute atomic E-state index is 0.0619. The van der Waals surface area contributed by atoms with Crippen LogP contribution in [0.5, 0.6) is 0 Å². The smallest absolute Gasteiger partial charge is 0.236 e. The third-order valence-electron chi connectivity index (χ3n) is 1.98. The fourth-order valence-corrected chi connectivity index (χ4v) is 1.19. The highest BCUT2D eigenvalue weighted by Crippen LogP contribution is 2.15. The summed E-state index contributed by atoms with van der Waals surface area (Å²) in [5.74, 6) is 0.704. The first kappa shape index (κ1) is 12.2. The average molecular weight is 275 g/mol. The molecule has 1 rings (SSSR count). The van der Waals surface area contributed by atoms with Gasteiger partial charge < -0.3 is 9.88 Å². The molecule has 0 fully saturated rings. The van der Waals surface area contributed by atoms with E-state index in [1.807, 2.05) is 11.5 Å². The van der Waals surface area contributed by atoms with Gasteiger partial charge in [-0.25, -0.2) is 0 Å². The summed E-state index contributed by atoms with van der Waals surface area (Å²) in [6.45, 7) is 6.81. The predicted molar refractivity (Wildman–Crippen MR) is 60.5 cm³/mol. The van der Waals surface area contributed by atoms with Crippen molar-refractivity contribution in [3.8, 4) is 0 Å². The van der Waals surface area contributed by atoms with E-state index in [4.69, 9.17) is 0 Å². The third kappa shape index (κ3) is 3.30. The molecule has 0 radical (unpaired) electrons. The molecule has 0 atom stereocenters. The third-order valence-corrected chi connectivity index (χ3v) is 2.34. The Kier molecular flexibility index (Phi) is 3.84. The number of carbonyl (C=O) groups is 1. The number of nitrogens with zero attached hydrogens (tertiary/aromatic N) is 3. The van der Waals surface area contributed by atoms with Crippen LogP contribution in [0.4, 0.5) is 0 Å². The van der Waals surface area contributed by atoms with Crippen LogP contribution in [0.2, 0.25) is 0 Å². The molecular weight excluding hydrogens is 260 g/mol. The van der Waals surface area contributed by atoms with Crippen molar-refractivity contribution in [2.45, 2.75) is 38.2 Å². The van der Waals surface area contributed by atoms with Crippen molar-refractivity contribution in [1.82, 2.24) is 20.1 Å². The molecule has 84 valence electrons. The number of hydrogen-bond acceptors (Lipinski definition) is 3. The molecule has 0 aromatic carbocycles. The molecule has 1 aromatic heterocycles. The van der Waals surface area contributed by atoms with Gasteiger partial charge in [0.25, 0.3) is 0 Å². The molecule has 0 aliphatic rings. The highest BCUT2D eigenvalue weighted by Gasteiger charge is 2.23. The van der Waals surface area contributed by atoms with Gasteiger partial charge in [0.2, 0.25) is 5.91 Å². The summed E-state index contributed by atoms with van der Waals surface area (Å²) >= 11 is 3.29. The van der Waals surface area contributed by atoms with Crippen LogP contribution in [0.3, 0.4) is 0 Å². The Labute approximate surface area is 97.4 Å². The number of aryl methyl sites for hydroxylation is 1. The lowest BCUT2D eigenvalue weighted by Gasteiger charge is -2.15. The Morgan fingerprint density at radius 2 is 2.33 bits per heavy atom. The van der Waals surface area contributed by atoms with E-state index >= 15 is 0 Å². The predicted octanol–water partition coefficient (Wildman–Crippen LogP) is 1.09. The van der Waals surface area contributed by atoms with Gasteiger partial charge in [-0.2, -0.15) is 0 Å². The summed E-state index contributed by atoms with van der Waals surface area (Å²) in [5, 5.41) is 10.5. The minimum Gasteiger partial charge on any atom is -0.348 e. The SMILES string of the molecule is CCn1cnnc1CNC(=O)C(C)(C)Br. The van der Waals surface area contributed by atoms with E-state index in [1.165, 1.54) is 0 Å². The Hall–Kier alpha value is -0.910.